The normalized spacial score (nSPS) is 14.2. The summed E-state index contributed by atoms with van der Waals surface area (Å²) in [4.78, 5) is 31.1. The van der Waals surface area contributed by atoms with Crippen LogP contribution < -0.4 is 14.8 Å². The molecule has 7 nitrogen and oxygen atoms in total. The maximum atomic E-state index is 12.6. The molecule has 1 aromatic heterocycles. The van der Waals surface area contributed by atoms with Gasteiger partial charge in [-0.2, -0.15) is 0 Å². The minimum Gasteiger partial charge on any atom is -0.493 e. The highest BCUT2D eigenvalue weighted by atomic mass is 16.5. The first-order chi connectivity index (χ1) is 15.2. The molecule has 0 saturated carbocycles. The quantitative estimate of drug-likeness (QED) is 0.632. The molecule has 0 aliphatic carbocycles. The van der Waals surface area contributed by atoms with Gasteiger partial charge < -0.3 is 19.7 Å². The Kier molecular flexibility index (Phi) is 8.70. The molecule has 166 valence electrons. The van der Waals surface area contributed by atoms with Crippen molar-refractivity contribution in [1.82, 2.24) is 15.2 Å². The first kappa shape index (κ1) is 22.6. The zero-order valence-electron chi connectivity index (χ0n) is 18.1. The van der Waals surface area contributed by atoms with Gasteiger partial charge in [-0.15, -0.1) is 0 Å². The van der Waals surface area contributed by atoms with Crippen LogP contribution in [0.5, 0.6) is 11.6 Å². The molecule has 1 N–H and O–H groups in total. The summed E-state index contributed by atoms with van der Waals surface area (Å²) in [6.45, 7) is 4.58. The molecule has 31 heavy (non-hydrogen) atoms. The van der Waals surface area contributed by atoms with Crippen molar-refractivity contribution in [3.05, 3.63) is 54.2 Å². The van der Waals surface area contributed by atoms with Crippen LogP contribution in [0.4, 0.5) is 0 Å². The second-order valence-corrected chi connectivity index (χ2v) is 7.60. The highest BCUT2D eigenvalue weighted by molar-refractivity contribution is 5.80. The lowest BCUT2D eigenvalue weighted by molar-refractivity contribution is -0.136. The summed E-state index contributed by atoms with van der Waals surface area (Å²) in [5.74, 6) is 1.35. The van der Waals surface area contributed by atoms with Gasteiger partial charge in [0.2, 0.25) is 17.7 Å². The van der Waals surface area contributed by atoms with E-state index in [-0.39, 0.29) is 17.7 Å². The van der Waals surface area contributed by atoms with Gasteiger partial charge in [0.15, 0.2) is 0 Å². The van der Waals surface area contributed by atoms with Crippen molar-refractivity contribution in [3.8, 4) is 11.6 Å². The van der Waals surface area contributed by atoms with Crippen LogP contribution in [0.15, 0.2) is 48.7 Å². The van der Waals surface area contributed by atoms with E-state index in [4.69, 9.17) is 9.47 Å². The van der Waals surface area contributed by atoms with Gasteiger partial charge in [0.1, 0.15) is 5.75 Å². The molecule has 2 amide bonds. The molecule has 1 aliphatic heterocycles. The van der Waals surface area contributed by atoms with E-state index < -0.39 is 0 Å². The Bertz CT molecular complexity index is 836. The summed E-state index contributed by atoms with van der Waals surface area (Å²) in [7, 11) is 0. The molecular formula is C24H31N3O4. The molecule has 1 saturated heterocycles. The van der Waals surface area contributed by atoms with Crippen LogP contribution >= 0.6 is 0 Å². The Labute approximate surface area is 183 Å². The van der Waals surface area contributed by atoms with Gasteiger partial charge >= 0.3 is 0 Å². The number of nitrogens with one attached hydrogen (secondary N) is 1. The number of hydrogen-bond acceptors (Lipinski definition) is 5. The van der Waals surface area contributed by atoms with Crippen molar-refractivity contribution >= 4 is 11.8 Å². The number of piperidine rings is 1. The first-order valence-electron chi connectivity index (χ1n) is 11.0. The maximum Gasteiger partial charge on any atom is 0.225 e. The number of para-hydroxylation sites is 1. The van der Waals surface area contributed by atoms with E-state index in [0.717, 1.165) is 17.7 Å². The third-order valence-corrected chi connectivity index (χ3v) is 5.29. The number of pyridine rings is 1. The Morgan fingerprint density at radius 1 is 1.06 bits per heavy atom. The second kappa shape index (κ2) is 11.9. The van der Waals surface area contributed by atoms with Crippen molar-refractivity contribution in [2.45, 2.75) is 39.2 Å². The van der Waals surface area contributed by atoms with Crippen molar-refractivity contribution in [1.29, 1.82) is 0 Å². The fourth-order valence-corrected chi connectivity index (χ4v) is 3.54. The summed E-state index contributed by atoms with van der Waals surface area (Å²) < 4.78 is 11.3. The molecule has 1 aromatic carbocycles. The smallest absolute Gasteiger partial charge is 0.225 e. The van der Waals surface area contributed by atoms with Crippen LogP contribution in [0, 0.1) is 5.92 Å². The average Bonchev–Trinajstić information content (AvgIpc) is 2.82. The van der Waals surface area contributed by atoms with E-state index in [1.807, 2.05) is 54.3 Å². The van der Waals surface area contributed by atoms with Gasteiger partial charge in [0.25, 0.3) is 0 Å². The second-order valence-electron chi connectivity index (χ2n) is 7.60. The Hall–Kier alpha value is -3.09. The maximum absolute atomic E-state index is 12.6. The number of aromatic nitrogens is 1. The fourth-order valence-electron chi connectivity index (χ4n) is 3.54. The molecule has 1 aliphatic rings. The standard InChI is InChI=1S/C24H31N3O4/c1-2-16-31-24-20(7-6-13-25-24)18-26-23(29)19-10-14-27(15-11-19)22(28)12-17-30-21-8-4-3-5-9-21/h3-9,13,19H,2,10-12,14-18H2,1H3,(H,26,29). The summed E-state index contributed by atoms with van der Waals surface area (Å²) >= 11 is 0. The van der Waals surface area contributed by atoms with Crippen LogP contribution in [0.1, 0.15) is 38.2 Å². The lowest BCUT2D eigenvalue weighted by Crippen LogP contribution is -2.43. The van der Waals surface area contributed by atoms with Crippen LogP contribution in [0.2, 0.25) is 0 Å². The summed E-state index contributed by atoms with van der Waals surface area (Å²) in [5, 5.41) is 3.00. The minimum absolute atomic E-state index is 0.0183. The number of rotatable bonds is 10. The van der Waals surface area contributed by atoms with E-state index in [9.17, 15) is 9.59 Å². The van der Waals surface area contributed by atoms with Gasteiger partial charge in [0, 0.05) is 37.3 Å². The summed E-state index contributed by atoms with van der Waals surface area (Å²) in [5.41, 5.74) is 0.871. The SMILES string of the molecule is CCCOc1ncccc1CNC(=O)C1CCN(C(=O)CCOc2ccccc2)CC1. The van der Waals surface area contributed by atoms with E-state index in [1.165, 1.54) is 0 Å². The molecule has 0 radical (unpaired) electrons. The number of hydrogen-bond donors (Lipinski definition) is 1. The minimum atomic E-state index is -0.0821. The van der Waals surface area contributed by atoms with Gasteiger partial charge in [-0.3, -0.25) is 9.59 Å². The number of benzene rings is 1. The largest absolute Gasteiger partial charge is 0.493 e. The van der Waals surface area contributed by atoms with Crippen LogP contribution in [-0.4, -0.2) is 48.0 Å². The zero-order valence-corrected chi connectivity index (χ0v) is 18.1. The van der Waals surface area contributed by atoms with Gasteiger partial charge in [0.05, 0.1) is 19.6 Å². The molecule has 2 heterocycles. The first-order valence-corrected chi connectivity index (χ1v) is 11.0. The molecule has 3 rings (SSSR count). The van der Waals surface area contributed by atoms with Gasteiger partial charge in [-0.05, 0) is 37.5 Å². The lowest BCUT2D eigenvalue weighted by Gasteiger charge is -2.31. The molecule has 7 heteroatoms. The Morgan fingerprint density at radius 3 is 2.58 bits per heavy atom. The summed E-state index contributed by atoms with van der Waals surface area (Å²) in [6.07, 6.45) is 4.27. The number of amides is 2. The summed E-state index contributed by atoms with van der Waals surface area (Å²) in [6, 6.07) is 13.2. The zero-order chi connectivity index (χ0) is 21.9. The van der Waals surface area contributed by atoms with E-state index >= 15 is 0 Å². The molecular weight excluding hydrogens is 394 g/mol. The molecule has 0 spiro atoms. The average molecular weight is 426 g/mol. The highest BCUT2D eigenvalue weighted by Crippen LogP contribution is 2.20. The Balaban J connectivity index is 1.38. The number of carbonyl (C=O) groups is 2. The topological polar surface area (TPSA) is 80.8 Å². The molecule has 0 atom stereocenters. The van der Waals surface area contributed by atoms with Gasteiger partial charge in [-0.1, -0.05) is 31.2 Å². The van der Waals surface area contributed by atoms with Crippen LogP contribution in [0.25, 0.3) is 0 Å². The third-order valence-electron chi connectivity index (χ3n) is 5.29. The van der Waals surface area contributed by atoms with Gasteiger partial charge in [-0.25, -0.2) is 4.98 Å². The number of ether oxygens (including phenoxy) is 2. The van der Waals surface area contributed by atoms with Crippen molar-refractivity contribution in [2.75, 3.05) is 26.3 Å². The molecule has 0 unspecified atom stereocenters. The van der Waals surface area contributed by atoms with E-state index in [2.05, 4.69) is 10.3 Å². The van der Waals surface area contributed by atoms with E-state index in [1.54, 1.807) is 6.20 Å². The number of nitrogens with zero attached hydrogens (tertiary/aromatic N) is 2. The van der Waals surface area contributed by atoms with Crippen LogP contribution in [0.3, 0.4) is 0 Å². The molecule has 0 bridgehead atoms. The predicted octanol–water partition coefficient (Wildman–Crippen LogP) is 3.19. The van der Waals surface area contributed by atoms with Crippen molar-refractivity contribution in [3.63, 3.8) is 0 Å². The van der Waals surface area contributed by atoms with E-state index in [0.29, 0.717) is 58.0 Å². The Morgan fingerprint density at radius 2 is 1.84 bits per heavy atom. The van der Waals surface area contributed by atoms with Crippen molar-refractivity contribution < 1.29 is 19.1 Å². The monoisotopic (exact) mass is 425 g/mol. The predicted molar refractivity (Wildman–Crippen MR) is 118 cm³/mol. The van der Waals surface area contributed by atoms with Crippen molar-refractivity contribution in [2.24, 2.45) is 5.92 Å². The molecule has 2 aromatic rings. The van der Waals surface area contributed by atoms with Crippen LogP contribution in [-0.2, 0) is 16.1 Å². The fraction of sp³-hybridized carbons (Fsp3) is 0.458. The lowest BCUT2D eigenvalue weighted by atomic mass is 9.95. The third kappa shape index (κ3) is 6.98. The number of carbonyl (C=O) groups excluding carboxylic acids is 2. The molecule has 1 fully saturated rings. The number of likely N-dealkylation sites (tertiary alicyclic amines) is 1. The highest BCUT2D eigenvalue weighted by Gasteiger charge is 2.27.